The van der Waals surface area contributed by atoms with E-state index >= 15 is 0 Å². The second-order valence-electron chi connectivity index (χ2n) is 4.90. The van der Waals surface area contributed by atoms with Crippen LogP contribution in [-0.4, -0.2) is 45.3 Å². The van der Waals surface area contributed by atoms with E-state index in [1.54, 1.807) is 0 Å². The maximum absolute atomic E-state index is 11.9. The number of aliphatic carboxylic acids is 1. The van der Waals surface area contributed by atoms with Gasteiger partial charge in [0.2, 0.25) is 0 Å². The highest BCUT2D eigenvalue weighted by Crippen LogP contribution is 2.31. The van der Waals surface area contributed by atoms with Gasteiger partial charge in [-0.2, -0.15) is 17.9 Å². The lowest BCUT2D eigenvalue weighted by atomic mass is 9.80. The first-order valence-electron chi connectivity index (χ1n) is 6.38. The van der Waals surface area contributed by atoms with Crippen molar-refractivity contribution >= 4 is 16.2 Å². The molecule has 1 aliphatic rings. The summed E-state index contributed by atoms with van der Waals surface area (Å²) in [4.78, 5) is 10.9. The molecule has 0 radical (unpaired) electrons. The van der Waals surface area contributed by atoms with Gasteiger partial charge in [-0.15, -0.1) is 0 Å². The molecule has 0 aromatic heterocycles. The van der Waals surface area contributed by atoms with Crippen molar-refractivity contribution in [2.45, 2.75) is 44.1 Å². The molecule has 1 rings (SSSR count). The molecule has 19 heavy (non-hydrogen) atoms. The van der Waals surface area contributed by atoms with Crippen LogP contribution < -0.4 is 9.44 Å². The van der Waals surface area contributed by atoms with E-state index in [-0.39, 0.29) is 19.6 Å². The molecule has 0 heterocycles. The quantitative estimate of drug-likeness (QED) is 0.556. The second-order valence-corrected chi connectivity index (χ2v) is 6.40. The molecule has 0 aromatic carbocycles. The average molecular weight is 294 g/mol. The van der Waals surface area contributed by atoms with E-state index < -0.39 is 21.7 Å². The minimum Gasteiger partial charge on any atom is -0.481 e. The van der Waals surface area contributed by atoms with Crippen molar-refractivity contribution in [3.05, 3.63) is 0 Å². The third kappa shape index (κ3) is 5.85. The van der Waals surface area contributed by atoms with Gasteiger partial charge >= 0.3 is 5.97 Å². The molecule has 0 aromatic rings. The van der Waals surface area contributed by atoms with Gasteiger partial charge in [0, 0.05) is 19.2 Å². The van der Waals surface area contributed by atoms with Crippen LogP contribution in [0.2, 0.25) is 0 Å². The van der Waals surface area contributed by atoms with Crippen molar-refractivity contribution in [3.63, 3.8) is 0 Å². The van der Waals surface area contributed by atoms with Crippen molar-refractivity contribution in [2.24, 2.45) is 0 Å². The normalized spacial score (nSPS) is 19.2. The number of carboxylic acids is 1. The number of hydrogen-bond acceptors (Lipinski definition) is 4. The molecule has 0 saturated heterocycles. The molecule has 0 bridgehead atoms. The molecule has 1 aliphatic carbocycles. The van der Waals surface area contributed by atoms with Crippen LogP contribution in [0, 0.1) is 0 Å². The summed E-state index contributed by atoms with van der Waals surface area (Å²) in [6.07, 6.45) is 3.63. The van der Waals surface area contributed by atoms with Crippen LogP contribution in [-0.2, 0) is 19.7 Å². The van der Waals surface area contributed by atoms with Crippen molar-refractivity contribution in [1.82, 2.24) is 9.44 Å². The molecular weight excluding hydrogens is 272 g/mol. The van der Waals surface area contributed by atoms with Crippen LogP contribution in [0.4, 0.5) is 0 Å². The number of nitrogens with one attached hydrogen (secondary N) is 2. The average Bonchev–Trinajstić information content (AvgIpc) is 2.28. The molecule has 0 atom stereocenters. The zero-order chi connectivity index (χ0) is 14.4. The fourth-order valence-corrected chi connectivity index (χ4v) is 3.70. The highest BCUT2D eigenvalue weighted by molar-refractivity contribution is 7.87. The SMILES string of the molecule is COCCNS(=O)(=O)NC1(CC(=O)O)CCCCC1. The molecule has 7 nitrogen and oxygen atoms in total. The third-order valence-electron chi connectivity index (χ3n) is 3.25. The summed E-state index contributed by atoms with van der Waals surface area (Å²) in [5.41, 5.74) is -0.858. The summed E-state index contributed by atoms with van der Waals surface area (Å²) < 4.78 is 33.4. The highest BCUT2D eigenvalue weighted by Gasteiger charge is 2.37. The van der Waals surface area contributed by atoms with Gasteiger partial charge in [0.25, 0.3) is 10.2 Å². The first-order chi connectivity index (χ1) is 8.89. The summed E-state index contributed by atoms with van der Waals surface area (Å²) in [6.45, 7) is 0.432. The topological polar surface area (TPSA) is 105 Å². The van der Waals surface area contributed by atoms with Crippen molar-refractivity contribution in [3.8, 4) is 0 Å². The van der Waals surface area contributed by atoms with Crippen molar-refractivity contribution < 1.29 is 23.1 Å². The standard InChI is InChI=1S/C11H22N2O5S/c1-18-8-7-12-19(16,17)13-11(9-10(14)15)5-3-2-4-6-11/h12-13H,2-9H2,1H3,(H,14,15). The summed E-state index contributed by atoms with van der Waals surface area (Å²) in [5, 5.41) is 8.97. The van der Waals surface area contributed by atoms with Crippen LogP contribution in [0.1, 0.15) is 38.5 Å². The van der Waals surface area contributed by atoms with Crippen LogP contribution in [0.15, 0.2) is 0 Å². The predicted molar refractivity (Wildman–Crippen MR) is 70.0 cm³/mol. The second kappa shape index (κ2) is 7.18. The van der Waals surface area contributed by atoms with Crippen molar-refractivity contribution in [2.75, 3.05) is 20.3 Å². The Balaban J connectivity index is 2.68. The minimum absolute atomic E-state index is 0.162. The molecule has 1 saturated carbocycles. The van der Waals surface area contributed by atoms with E-state index in [0.29, 0.717) is 12.8 Å². The van der Waals surface area contributed by atoms with Crippen molar-refractivity contribution in [1.29, 1.82) is 0 Å². The molecule has 0 spiro atoms. The molecule has 0 aliphatic heterocycles. The molecule has 0 amide bonds. The van der Waals surface area contributed by atoms with Gasteiger partial charge in [0.15, 0.2) is 0 Å². The van der Waals surface area contributed by atoms with Gasteiger partial charge < -0.3 is 9.84 Å². The highest BCUT2D eigenvalue weighted by atomic mass is 32.2. The predicted octanol–water partition coefficient (Wildman–Crippen LogP) is 0.234. The van der Waals surface area contributed by atoms with Gasteiger partial charge in [-0.25, -0.2) is 0 Å². The fourth-order valence-electron chi connectivity index (χ4n) is 2.43. The summed E-state index contributed by atoms with van der Waals surface area (Å²) in [7, 11) is -2.22. The molecular formula is C11H22N2O5S. The Hall–Kier alpha value is -0.700. The Labute approximate surface area is 113 Å². The van der Waals surface area contributed by atoms with E-state index in [2.05, 4.69) is 9.44 Å². The van der Waals surface area contributed by atoms with Gasteiger partial charge in [0.1, 0.15) is 0 Å². The monoisotopic (exact) mass is 294 g/mol. The first-order valence-corrected chi connectivity index (χ1v) is 7.87. The Morgan fingerprint density at radius 1 is 1.32 bits per heavy atom. The van der Waals surface area contributed by atoms with Crippen LogP contribution in [0.5, 0.6) is 0 Å². The Bertz CT molecular complexity index is 390. The van der Waals surface area contributed by atoms with Crippen LogP contribution >= 0.6 is 0 Å². The van der Waals surface area contributed by atoms with E-state index in [1.165, 1.54) is 7.11 Å². The van der Waals surface area contributed by atoms with Crippen LogP contribution in [0.3, 0.4) is 0 Å². The lowest BCUT2D eigenvalue weighted by Gasteiger charge is -2.36. The molecule has 3 N–H and O–H groups in total. The lowest BCUT2D eigenvalue weighted by molar-refractivity contribution is -0.138. The van der Waals surface area contributed by atoms with Crippen LogP contribution in [0.25, 0.3) is 0 Å². The third-order valence-corrected chi connectivity index (χ3v) is 4.54. The maximum Gasteiger partial charge on any atom is 0.305 e. The van der Waals surface area contributed by atoms with E-state index in [1.807, 2.05) is 0 Å². The lowest BCUT2D eigenvalue weighted by Crippen LogP contribution is -2.54. The van der Waals surface area contributed by atoms with E-state index in [9.17, 15) is 13.2 Å². The zero-order valence-corrected chi connectivity index (χ0v) is 12.0. The van der Waals surface area contributed by atoms with Gasteiger partial charge in [-0.1, -0.05) is 19.3 Å². The minimum atomic E-state index is -3.70. The van der Waals surface area contributed by atoms with E-state index in [4.69, 9.17) is 9.84 Å². The maximum atomic E-state index is 11.9. The largest absolute Gasteiger partial charge is 0.481 e. The summed E-state index contributed by atoms with van der Waals surface area (Å²) in [6, 6.07) is 0. The Morgan fingerprint density at radius 3 is 2.47 bits per heavy atom. The number of carbonyl (C=O) groups is 1. The fraction of sp³-hybridized carbons (Fsp3) is 0.909. The smallest absolute Gasteiger partial charge is 0.305 e. The molecule has 112 valence electrons. The van der Waals surface area contributed by atoms with E-state index in [0.717, 1.165) is 19.3 Å². The number of ether oxygens (including phenoxy) is 1. The zero-order valence-electron chi connectivity index (χ0n) is 11.1. The summed E-state index contributed by atoms with van der Waals surface area (Å²) >= 11 is 0. The Kier molecular flexibility index (Phi) is 6.18. The first kappa shape index (κ1) is 16.4. The summed E-state index contributed by atoms with van der Waals surface area (Å²) in [5.74, 6) is -0.985. The van der Waals surface area contributed by atoms with Gasteiger partial charge in [-0.05, 0) is 12.8 Å². The molecule has 1 fully saturated rings. The molecule has 8 heteroatoms. The number of rotatable bonds is 8. The van der Waals surface area contributed by atoms with Gasteiger partial charge in [0.05, 0.1) is 13.0 Å². The Morgan fingerprint density at radius 2 is 1.95 bits per heavy atom. The van der Waals surface area contributed by atoms with Gasteiger partial charge in [-0.3, -0.25) is 4.79 Å². The number of hydrogen-bond donors (Lipinski definition) is 3. The molecule has 0 unspecified atom stereocenters. The number of carboxylic acid groups (broad SMARTS) is 1. The number of methoxy groups -OCH3 is 1.